The van der Waals surface area contributed by atoms with Crippen LogP contribution >= 0.6 is 0 Å². The maximum Gasteiger partial charge on any atom is 0.391 e. The Hall–Kier alpha value is -2.06. The monoisotopic (exact) mass is 389 g/mol. The van der Waals surface area contributed by atoms with E-state index >= 15 is 0 Å². The van der Waals surface area contributed by atoms with E-state index < -0.39 is 18.0 Å². The van der Waals surface area contributed by atoms with Crippen molar-refractivity contribution >= 4 is 11.8 Å². The van der Waals surface area contributed by atoms with Crippen molar-refractivity contribution in [2.75, 3.05) is 27.2 Å². The number of likely N-dealkylation sites (N-methyl/N-ethyl adjacent to an activating group) is 2. The highest BCUT2D eigenvalue weighted by Crippen LogP contribution is 2.42. The number of carbonyl (C=O) groups is 2. The average Bonchev–Trinajstić information content (AvgIpc) is 3.26. The maximum absolute atomic E-state index is 12.8. The van der Waals surface area contributed by atoms with E-state index in [1.165, 1.54) is 16.2 Å². The number of amides is 2. The van der Waals surface area contributed by atoms with E-state index in [9.17, 15) is 22.8 Å². The molecule has 0 saturated heterocycles. The molecule has 2 atom stereocenters. The highest BCUT2D eigenvalue weighted by atomic mass is 19.4. The van der Waals surface area contributed by atoms with Gasteiger partial charge in [-0.15, -0.1) is 0 Å². The molecular formula is C18H26F3N3O3. The summed E-state index contributed by atoms with van der Waals surface area (Å²) in [5, 5.41) is 0. The molecule has 0 N–H and O–H groups in total. The van der Waals surface area contributed by atoms with E-state index in [1.54, 1.807) is 14.1 Å². The zero-order valence-corrected chi connectivity index (χ0v) is 16.0. The second kappa shape index (κ2) is 8.31. The summed E-state index contributed by atoms with van der Waals surface area (Å²) >= 11 is 0. The first-order valence-corrected chi connectivity index (χ1v) is 9.02. The lowest BCUT2D eigenvalue weighted by molar-refractivity contribution is -0.173. The van der Waals surface area contributed by atoms with Gasteiger partial charge >= 0.3 is 6.18 Å². The van der Waals surface area contributed by atoms with Crippen LogP contribution in [0.4, 0.5) is 13.2 Å². The Labute approximate surface area is 156 Å². The minimum atomic E-state index is -4.24. The van der Waals surface area contributed by atoms with Crippen molar-refractivity contribution < 1.29 is 27.2 Å². The van der Waals surface area contributed by atoms with Crippen molar-refractivity contribution in [1.29, 1.82) is 0 Å². The summed E-state index contributed by atoms with van der Waals surface area (Å²) in [5.74, 6) is -2.11. The minimum absolute atomic E-state index is 0.00370. The molecule has 2 rings (SSSR count). The molecule has 0 bridgehead atoms. The Morgan fingerprint density at radius 2 is 1.85 bits per heavy atom. The van der Waals surface area contributed by atoms with Crippen molar-refractivity contribution in [1.82, 2.24) is 14.8 Å². The van der Waals surface area contributed by atoms with E-state index in [0.29, 0.717) is 5.76 Å². The summed E-state index contributed by atoms with van der Waals surface area (Å²) in [6.45, 7) is 4.27. The largest absolute Gasteiger partial charge is 0.447 e. The molecule has 6 nitrogen and oxygen atoms in total. The van der Waals surface area contributed by atoms with Crippen LogP contribution in [0.5, 0.6) is 0 Å². The quantitative estimate of drug-likeness (QED) is 0.749. The smallest absolute Gasteiger partial charge is 0.391 e. The van der Waals surface area contributed by atoms with E-state index in [-0.39, 0.29) is 55.8 Å². The van der Waals surface area contributed by atoms with Crippen LogP contribution in [0.15, 0.2) is 10.8 Å². The Bertz CT molecular complexity index is 672. The molecule has 0 spiro atoms. The normalized spacial score (nSPS) is 20.1. The second-order valence-corrected chi connectivity index (χ2v) is 7.45. The van der Waals surface area contributed by atoms with Crippen molar-refractivity contribution in [3.63, 3.8) is 0 Å². The molecule has 1 aromatic rings. The Kier molecular flexibility index (Phi) is 6.54. The molecule has 1 aliphatic carbocycles. The summed E-state index contributed by atoms with van der Waals surface area (Å²) in [5.41, 5.74) is 0.241. The van der Waals surface area contributed by atoms with Gasteiger partial charge in [-0.05, 0) is 19.3 Å². The zero-order chi connectivity index (χ0) is 20.4. The molecule has 1 fully saturated rings. The number of rotatable bonds is 6. The van der Waals surface area contributed by atoms with Crippen molar-refractivity contribution in [2.45, 2.75) is 45.2 Å². The molecule has 0 radical (unpaired) electrons. The third kappa shape index (κ3) is 5.01. The number of alkyl halides is 3. The molecule has 27 heavy (non-hydrogen) atoms. The molecule has 2 unspecified atom stereocenters. The first kappa shape index (κ1) is 21.2. The van der Waals surface area contributed by atoms with E-state index in [2.05, 4.69) is 4.98 Å². The summed E-state index contributed by atoms with van der Waals surface area (Å²) in [7, 11) is 3.14. The van der Waals surface area contributed by atoms with Crippen LogP contribution in [0.2, 0.25) is 0 Å². The van der Waals surface area contributed by atoms with Crippen LogP contribution in [0.25, 0.3) is 0 Å². The van der Waals surface area contributed by atoms with Gasteiger partial charge in [0.25, 0.3) is 5.91 Å². The van der Waals surface area contributed by atoms with Crippen LogP contribution in [-0.2, 0) is 4.79 Å². The fourth-order valence-corrected chi connectivity index (χ4v) is 3.33. The van der Waals surface area contributed by atoms with Crippen LogP contribution in [-0.4, -0.2) is 60.0 Å². The topological polar surface area (TPSA) is 66.7 Å². The van der Waals surface area contributed by atoms with Gasteiger partial charge in [-0.1, -0.05) is 13.8 Å². The molecule has 1 aliphatic rings. The average molecular weight is 389 g/mol. The van der Waals surface area contributed by atoms with Gasteiger partial charge in [0.1, 0.15) is 5.76 Å². The number of aromatic nitrogens is 1. The molecule has 1 heterocycles. The molecular weight excluding hydrogens is 363 g/mol. The van der Waals surface area contributed by atoms with Gasteiger partial charge in [0, 0.05) is 39.0 Å². The molecule has 0 aromatic carbocycles. The lowest BCUT2D eigenvalue weighted by Crippen LogP contribution is -2.39. The van der Waals surface area contributed by atoms with E-state index in [1.807, 2.05) is 13.8 Å². The molecule has 1 saturated carbocycles. The zero-order valence-electron chi connectivity index (χ0n) is 16.0. The van der Waals surface area contributed by atoms with Gasteiger partial charge in [0.05, 0.1) is 5.92 Å². The van der Waals surface area contributed by atoms with Crippen LogP contribution in [0.1, 0.15) is 55.3 Å². The van der Waals surface area contributed by atoms with Gasteiger partial charge in [-0.3, -0.25) is 9.59 Å². The van der Waals surface area contributed by atoms with Crippen LogP contribution in [0, 0.1) is 11.8 Å². The minimum Gasteiger partial charge on any atom is -0.447 e. The molecule has 2 amide bonds. The third-order valence-electron chi connectivity index (χ3n) is 5.06. The Morgan fingerprint density at radius 1 is 1.22 bits per heavy atom. The summed E-state index contributed by atoms with van der Waals surface area (Å²) < 4.78 is 43.6. The first-order chi connectivity index (χ1) is 12.5. The van der Waals surface area contributed by atoms with E-state index in [4.69, 9.17) is 4.42 Å². The predicted octanol–water partition coefficient (Wildman–Crippen LogP) is 3.31. The SMILES string of the molecule is CC(C)c1ocnc1C(=O)N(C)CCN(C)C(=O)C1CCC(C(F)(F)F)C1. The van der Waals surface area contributed by atoms with Crippen molar-refractivity contribution in [2.24, 2.45) is 11.8 Å². The van der Waals surface area contributed by atoms with Gasteiger partial charge in [-0.2, -0.15) is 13.2 Å². The lowest BCUT2D eigenvalue weighted by atomic mass is 10.0. The Morgan fingerprint density at radius 3 is 2.41 bits per heavy atom. The second-order valence-electron chi connectivity index (χ2n) is 7.45. The summed E-state index contributed by atoms with van der Waals surface area (Å²) in [4.78, 5) is 31.7. The van der Waals surface area contributed by atoms with Gasteiger partial charge in [0.15, 0.2) is 12.1 Å². The van der Waals surface area contributed by atoms with Gasteiger partial charge in [0.2, 0.25) is 5.91 Å². The standard InChI is InChI=1S/C18H26F3N3O3/c1-11(2)15-14(22-10-27-15)17(26)24(4)8-7-23(3)16(25)12-5-6-13(9-12)18(19,20)21/h10-13H,5-9H2,1-4H3. The third-order valence-corrected chi connectivity index (χ3v) is 5.06. The highest BCUT2D eigenvalue weighted by molar-refractivity contribution is 5.93. The van der Waals surface area contributed by atoms with Crippen molar-refractivity contribution in [3.05, 3.63) is 17.8 Å². The fraction of sp³-hybridized carbons (Fsp3) is 0.722. The van der Waals surface area contributed by atoms with Crippen molar-refractivity contribution in [3.8, 4) is 0 Å². The number of carbonyl (C=O) groups excluding carboxylic acids is 2. The lowest BCUT2D eigenvalue weighted by Gasteiger charge is -2.24. The van der Waals surface area contributed by atoms with E-state index in [0.717, 1.165) is 0 Å². The first-order valence-electron chi connectivity index (χ1n) is 9.02. The predicted molar refractivity (Wildman–Crippen MR) is 92.1 cm³/mol. The molecule has 152 valence electrons. The summed E-state index contributed by atoms with van der Waals surface area (Å²) in [6, 6.07) is 0. The molecule has 9 heteroatoms. The van der Waals surface area contributed by atoms with Crippen LogP contribution < -0.4 is 0 Å². The highest BCUT2D eigenvalue weighted by Gasteiger charge is 2.46. The number of halogens is 3. The van der Waals surface area contributed by atoms with Gasteiger partial charge < -0.3 is 14.2 Å². The fourth-order valence-electron chi connectivity index (χ4n) is 3.33. The Balaban J connectivity index is 1.87. The van der Waals surface area contributed by atoms with Gasteiger partial charge in [-0.25, -0.2) is 4.98 Å². The summed E-state index contributed by atoms with van der Waals surface area (Å²) in [6.07, 6.45) is -2.93. The number of hydrogen-bond donors (Lipinski definition) is 0. The number of oxazole rings is 1. The molecule has 1 aromatic heterocycles. The maximum atomic E-state index is 12.8. The number of hydrogen-bond acceptors (Lipinski definition) is 4. The van der Waals surface area contributed by atoms with Crippen LogP contribution in [0.3, 0.4) is 0 Å². The molecule has 0 aliphatic heterocycles. The number of nitrogens with zero attached hydrogens (tertiary/aromatic N) is 3.